The Bertz CT molecular complexity index is 333. The molecule has 1 nitrogen and oxygen atoms in total. The van der Waals surface area contributed by atoms with E-state index in [-0.39, 0.29) is 0 Å². The fraction of sp³-hybridized carbons (Fsp3) is 0.364. The Hall–Kier alpha value is -0.890. The summed E-state index contributed by atoms with van der Waals surface area (Å²) in [6.45, 7) is 0. The largest absolute Gasteiger partial charge is 0.339 e. The Balaban J connectivity index is 2.46. The van der Waals surface area contributed by atoms with Crippen LogP contribution < -0.4 is 4.90 Å². The van der Waals surface area contributed by atoms with Crippen LogP contribution in [0.2, 0.25) is 0 Å². The van der Waals surface area contributed by atoms with Gasteiger partial charge < -0.3 is 4.90 Å². The lowest BCUT2D eigenvalue weighted by Gasteiger charge is -2.19. The summed E-state index contributed by atoms with van der Waals surface area (Å²) in [4.78, 5) is 3.20. The first-order chi connectivity index (χ1) is 6.29. The van der Waals surface area contributed by atoms with Gasteiger partial charge in [-0.15, -0.1) is 0 Å². The Labute approximate surface area is 84.4 Å². The van der Waals surface area contributed by atoms with Crippen LogP contribution in [0.5, 0.6) is 0 Å². The highest BCUT2D eigenvalue weighted by Crippen LogP contribution is 2.25. The van der Waals surface area contributed by atoms with E-state index in [1.807, 2.05) is 0 Å². The lowest BCUT2D eigenvalue weighted by Crippen LogP contribution is -2.23. The van der Waals surface area contributed by atoms with Crippen LogP contribution in [0.3, 0.4) is 0 Å². The van der Waals surface area contributed by atoms with E-state index in [1.165, 1.54) is 17.7 Å². The number of anilines is 1. The Morgan fingerprint density at radius 2 is 2.00 bits per heavy atom. The van der Waals surface area contributed by atoms with Gasteiger partial charge in [-0.25, -0.2) is 0 Å². The van der Waals surface area contributed by atoms with Gasteiger partial charge in [0.25, 0.3) is 0 Å². The summed E-state index contributed by atoms with van der Waals surface area (Å²) in [5.74, 6) is 0. The Kier molecular flexibility index (Phi) is 2.32. The van der Waals surface area contributed by atoms with Gasteiger partial charge >= 0.3 is 0 Å². The molecule has 1 aliphatic rings. The highest BCUT2D eigenvalue weighted by molar-refractivity contribution is 7.80. The number of hydrogen-bond donors (Lipinski definition) is 0. The highest BCUT2D eigenvalue weighted by atomic mass is 32.1. The van der Waals surface area contributed by atoms with Gasteiger partial charge in [0.1, 0.15) is 0 Å². The maximum atomic E-state index is 5.32. The average molecular weight is 191 g/mol. The van der Waals surface area contributed by atoms with Crippen molar-refractivity contribution in [2.24, 2.45) is 0 Å². The third kappa shape index (κ3) is 1.59. The number of aryl methyl sites for hydroxylation is 1. The molecule has 0 saturated carbocycles. The van der Waals surface area contributed by atoms with Crippen LogP contribution in [0.1, 0.15) is 18.4 Å². The molecular formula is C11H13NS. The van der Waals surface area contributed by atoms with Crippen LogP contribution in [0.15, 0.2) is 24.3 Å². The monoisotopic (exact) mass is 191 g/mol. The standard InChI is InChI=1S/C11H13NS/c1-12-10-7-3-2-5-9(10)6-4-8-11(12)13/h2-3,5,7H,4,6,8H2,1H3. The van der Waals surface area contributed by atoms with E-state index in [2.05, 4.69) is 36.2 Å². The fourth-order valence-corrected chi connectivity index (χ4v) is 2.02. The average Bonchev–Trinajstić information content (AvgIpc) is 2.29. The second-order valence-electron chi connectivity index (χ2n) is 3.44. The second-order valence-corrected chi connectivity index (χ2v) is 3.91. The molecule has 0 unspecified atom stereocenters. The highest BCUT2D eigenvalue weighted by Gasteiger charge is 2.14. The van der Waals surface area contributed by atoms with Gasteiger partial charge in [0.2, 0.25) is 0 Å². The molecule has 0 aromatic heterocycles. The molecule has 0 N–H and O–H groups in total. The van der Waals surface area contributed by atoms with Crippen molar-refractivity contribution in [3.8, 4) is 0 Å². The van der Waals surface area contributed by atoms with E-state index in [0.29, 0.717) is 0 Å². The van der Waals surface area contributed by atoms with Gasteiger partial charge in [-0.2, -0.15) is 0 Å². The van der Waals surface area contributed by atoms with Crippen molar-refractivity contribution in [3.05, 3.63) is 29.8 Å². The molecule has 0 saturated heterocycles. The van der Waals surface area contributed by atoms with Crippen molar-refractivity contribution in [2.45, 2.75) is 19.3 Å². The minimum Gasteiger partial charge on any atom is -0.339 e. The van der Waals surface area contributed by atoms with Crippen molar-refractivity contribution >= 4 is 22.9 Å². The minimum atomic E-state index is 1.04. The van der Waals surface area contributed by atoms with Crippen LogP contribution >= 0.6 is 12.2 Å². The van der Waals surface area contributed by atoms with Gasteiger partial charge in [0.05, 0.1) is 4.99 Å². The number of para-hydroxylation sites is 1. The van der Waals surface area contributed by atoms with Crippen molar-refractivity contribution < 1.29 is 0 Å². The van der Waals surface area contributed by atoms with Crippen LogP contribution in [0.4, 0.5) is 5.69 Å². The van der Waals surface area contributed by atoms with Gasteiger partial charge in [0, 0.05) is 12.7 Å². The van der Waals surface area contributed by atoms with Gasteiger partial charge in [-0.3, -0.25) is 0 Å². The molecular weight excluding hydrogens is 178 g/mol. The zero-order valence-electron chi connectivity index (χ0n) is 7.79. The van der Waals surface area contributed by atoms with Crippen LogP contribution in [0, 0.1) is 0 Å². The number of benzene rings is 1. The van der Waals surface area contributed by atoms with Crippen molar-refractivity contribution in [1.29, 1.82) is 0 Å². The lowest BCUT2D eigenvalue weighted by molar-refractivity contribution is 0.883. The summed E-state index contributed by atoms with van der Waals surface area (Å²) in [7, 11) is 2.06. The molecule has 0 amide bonds. The van der Waals surface area contributed by atoms with E-state index in [4.69, 9.17) is 12.2 Å². The number of nitrogens with zero attached hydrogens (tertiary/aromatic N) is 1. The molecule has 68 valence electrons. The van der Waals surface area contributed by atoms with Gasteiger partial charge in [-0.1, -0.05) is 30.4 Å². The summed E-state index contributed by atoms with van der Waals surface area (Å²) < 4.78 is 0. The predicted molar refractivity (Wildman–Crippen MR) is 60.4 cm³/mol. The first-order valence-corrected chi connectivity index (χ1v) is 5.04. The molecule has 1 heterocycles. The molecule has 13 heavy (non-hydrogen) atoms. The van der Waals surface area contributed by atoms with Crippen molar-refractivity contribution in [1.82, 2.24) is 0 Å². The maximum Gasteiger partial charge on any atom is 0.0821 e. The molecule has 0 aliphatic carbocycles. The summed E-state index contributed by atoms with van der Waals surface area (Å²) >= 11 is 5.32. The van der Waals surface area contributed by atoms with E-state index >= 15 is 0 Å². The van der Waals surface area contributed by atoms with Gasteiger partial charge in [0.15, 0.2) is 0 Å². The molecule has 0 atom stereocenters. The Morgan fingerprint density at radius 3 is 2.85 bits per heavy atom. The minimum absolute atomic E-state index is 1.04. The molecule has 1 aliphatic heterocycles. The number of rotatable bonds is 0. The van der Waals surface area contributed by atoms with Crippen LogP contribution in [-0.2, 0) is 6.42 Å². The number of thiocarbonyl (C=S) groups is 1. The normalized spacial score (nSPS) is 16.7. The molecule has 0 spiro atoms. The first-order valence-electron chi connectivity index (χ1n) is 4.63. The zero-order valence-corrected chi connectivity index (χ0v) is 8.60. The lowest BCUT2D eigenvalue weighted by atomic mass is 10.1. The van der Waals surface area contributed by atoms with Crippen molar-refractivity contribution in [3.63, 3.8) is 0 Å². The summed E-state index contributed by atoms with van der Waals surface area (Å²) in [5.41, 5.74) is 2.70. The fourth-order valence-electron chi connectivity index (χ4n) is 1.78. The van der Waals surface area contributed by atoms with E-state index in [0.717, 1.165) is 17.8 Å². The van der Waals surface area contributed by atoms with E-state index in [9.17, 15) is 0 Å². The first kappa shape index (κ1) is 8.70. The predicted octanol–water partition coefficient (Wildman–Crippen LogP) is 2.79. The smallest absolute Gasteiger partial charge is 0.0821 e. The molecule has 2 heteroatoms. The third-order valence-electron chi connectivity index (χ3n) is 2.56. The number of hydrogen-bond acceptors (Lipinski definition) is 1. The second kappa shape index (κ2) is 3.46. The SMILES string of the molecule is CN1C(=S)CCCc2ccccc21. The molecule has 0 radical (unpaired) electrons. The maximum absolute atomic E-state index is 5.32. The molecule has 1 aromatic rings. The topological polar surface area (TPSA) is 3.24 Å². The van der Waals surface area contributed by atoms with E-state index in [1.54, 1.807) is 0 Å². The summed E-state index contributed by atoms with van der Waals surface area (Å²) in [5, 5.41) is 0. The van der Waals surface area contributed by atoms with Crippen molar-refractivity contribution in [2.75, 3.05) is 11.9 Å². The summed E-state index contributed by atoms with van der Waals surface area (Å²) in [6, 6.07) is 8.51. The van der Waals surface area contributed by atoms with Crippen LogP contribution in [-0.4, -0.2) is 12.0 Å². The number of fused-ring (bicyclic) bond motifs is 1. The summed E-state index contributed by atoms with van der Waals surface area (Å²) in [6.07, 6.45) is 3.38. The molecule has 2 rings (SSSR count). The van der Waals surface area contributed by atoms with E-state index < -0.39 is 0 Å². The zero-order chi connectivity index (χ0) is 9.26. The third-order valence-corrected chi connectivity index (χ3v) is 3.04. The van der Waals surface area contributed by atoms with Gasteiger partial charge in [-0.05, 0) is 30.9 Å². The molecule has 0 bridgehead atoms. The molecule has 1 aromatic carbocycles. The quantitative estimate of drug-likeness (QED) is 0.580. The molecule has 0 fully saturated rings. The Morgan fingerprint density at radius 1 is 1.23 bits per heavy atom. The van der Waals surface area contributed by atoms with Crippen LogP contribution in [0.25, 0.3) is 0 Å².